The lowest BCUT2D eigenvalue weighted by atomic mass is 10.2. The summed E-state index contributed by atoms with van der Waals surface area (Å²) in [6, 6.07) is 2.10. The zero-order valence-electron chi connectivity index (χ0n) is 8.89. The number of tetrazole rings is 1. The Morgan fingerprint density at radius 3 is 3.00 bits per heavy atom. The first kappa shape index (κ1) is 10.1. The van der Waals surface area contributed by atoms with E-state index in [0.717, 1.165) is 0 Å². The molecule has 0 fully saturated rings. The van der Waals surface area contributed by atoms with Crippen LogP contribution in [0.3, 0.4) is 0 Å². The smallest absolute Gasteiger partial charge is 0.193 e. The van der Waals surface area contributed by atoms with E-state index >= 15 is 0 Å². The minimum Gasteiger partial charge on any atom is -0.362 e. The third-order valence-electron chi connectivity index (χ3n) is 2.14. The Labute approximate surface area is 91.3 Å². The molecule has 0 bridgehead atoms. The predicted octanol–water partition coefficient (Wildman–Crippen LogP) is -0.275. The summed E-state index contributed by atoms with van der Waals surface area (Å²) in [5.41, 5.74) is 1.23. The van der Waals surface area contributed by atoms with Crippen molar-refractivity contribution in [3.63, 3.8) is 0 Å². The Morgan fingerprint density at radius 1 is 1.56 bits per heavy atom. The van der Waals surface area contributed by atoms with E-state index in [0.29, 0.717) is 29.4 Å². The van der Waals surface area contributed by atoms with Crippen molar-refractivity contribution in [2.24, 2.45) is 7.05 Å². The van der Waals surface area contributed by atoms with Crippen molar-refractivity contribution < 1.29 is 0 Å². The van der Waals surface area contributed by atoms with Crippen LogP contribution in [0.2, 0.25) is 0 Å². The summed E-state index contributed by atoms with van der Waals surface area (Å²) < 4.78 is 1.62. The van der Waals surface area contributed by atoms with Crippen molar-refractivity contribution in [3.8, 4) is 6.07 Å². The van der Waals surface area contributed by atoms with Crippen LogP contribution in [0.1, 0.15) is 17.1 Å². The molecule has 8 nitrogen and oxygen atoms in total. The molecular formula is C8H10N8. The van der Waals surface area contributed by atoms with Gasteiger partial charge in [0, 0.05) is 7.05 Å². The van der Waals surface area contributed by atoms with Crippen LogP contribution in [0.4, 0.5) is 5.82 Å². The average molecular weight is 218 g/mol. The highest BCUT2D eigenvalue weighted by Crippen LogP contribution is 2.17. The molecule has 0 atom stereocenters. The quantitative estimate of drug-likeness (QED) is 0.733. The fourth-order valence-electron chi connectivity index (χ4n) is 1.41. The summed E-state index contributed by atoms with van der Waals surface area (Å²) in [4.78, 5) is 0. The molecule has 0 saturated carbocycles. The van der Waals surface area contributed by atoms with Gasteiger partial charge in [0.05, 0.1) is 12.2 Å². The molecule has 2 rings (SSSR count). The summed E-state index contributed by atoms with van der Waals surface area (Å²) in [5, 5.41) is 29.6. The summed E-state index contributed by atoms with van der Waals surface area (Å²) in [6.07, 6.45) is 0. The molecule has 2 N–H and O–H groups in total. The highest BCUT2D eigenvalue weighted by atomic mass is 15.5. The minimum atomic E-state index is 0.393. The Morgan fingerprint density at radius 2 is 2.38 bits per heavy atom. The standard InChI is InChI=1S/C8H10N8/c1-5-6(3-9)8(16(2)13-5)10-4-7-11-14-15-12-7/h10H,4H2,1-2H3,(H,11,12,14,15). The van der Waals surface area contributed by atoms with Crippen molar-refractivity contribution in [1.29, 1.82) is 5.26 Å². The van der Waals surface area contributed by atoms with Gasteiger partial charge in [-0.05, 0) is 6.92 Å². The van der Waals surface area contributed by atoms with Crippen molar-refractivity contribution in [1.82, 2.24) is 30.4 Å². The van der Waals surface area contributed by atoms with Crippen LogP contribution in [0.5, 0.6) is 0 Å². The molecule has 2 aromatic rings. The number of anilines is 1. The van der Waals surface area contributed by atoms with E-state index in [1.807, 2.05) is 0 Å². The lowest BCUT2D eigenvalue weighted by molar-refractivity contribution is 0.755. The van der Waals surface area contributed by atoms with Crippen molar-refractivity contribution >= 4 is 5.82 Å². The van der Waals surface area contributed by atoms with E-state index in [2.05, 4.69) is 37.1 Å². The van der Waals surface area contributed by atoms with Crippen LogP contribution in [-0.4, -0.2) is 30.4 Å². The zero-order valence-corrected chi connectivity index (χ0v) is 8.89. The topological polar surface area (TPSA) is 108 Å². The maximum absolute atomic E-state index is 8.98. The van der Waals surface area contributed by atoms with Crippen molar-refractivity contribution in [2.75, 3.05) is 5.32 Å². The van der Waals surface area contributed by atoms with Gasteiger partial charge in [0.15, 0.2) is 5.82 Å². The predicted molar refractivity (Wildman–Crippen MR) is 54.2 cm³/mol. The maximum atomic E-state index is 8.98. The SMILES string of the molecule is Cc1nn(C)c(NCc2nn[nH]n2)c1C#N. The molecule has 0 saturated heterocycles. The first-order valence-corrected chi connectivity index (χ1v) is 4.62. The van der Waals surface area contributed by atoms with Gasteiger partial charge in [0.25, 0.3) is 0 Å². The molecule has 0 aliphatic carbocycles. The monoisotopic (exact) mass is 218 g/mol. The average Bonchev–Trinajstić information content (AvgIpc) is 2.83. The van der Waals surface area contributed by atoms with Crippen LogP contribution in [-0.2, 0) is 13.6 Å². The fraction of sp³-hybridized carbons (Fsp3) is 0.375. The lowest BCUT2D eigenvalue weighted by Crippen LogP contribution is -2.07. The molecule has 16 heavy (non-hydrogen) atoms. The van der Waals surface area contributed by atoms with Gasteiger partial charge in [0.1, 0.15) is 17.5 Å². The summed E-state index contributed by atoms with van der Waals surface area (Å²) >= 11 is 0. The zero-order chi connectivity index (χ0) is 11.5. The molecule has 0 aliphatic rings. The number of nitriles is 1. The van der Waals surface area contributed by atoms with Gasteiger partial charge in [0.2, 0.25) is 0 Å². The molecule has 0 unspecified atom stereocenters. The van der Waals surface area contributed by atoms with Gasteiger partial charge in [-0.1, -0.05) is 5.21 Å². The molecule has 0 spiro atoms. The Balaban J connectivity index is 2.19. The van der Waals surface area contributed by atoms with Crippen LogP contribution in [0.15, 0.2) is 0 Å². The van der Waals surface area contributed by atoms with Gasteiger partial charge < -0.3 is 5.32 Å². The number of aromatic amines is 1. The van der Waals surface area contributed by atoms with Crippen LogP contribution in [0, 0.1) is 18.3 Å². The molecule has 0 aromatic carbocycles. The number of hydrogen-bond acceptors (Lipinski definition) is 6. The van der Waals surface area contributed by atoms with Gasteiger partial charge in [-0.15, -0.1) is 10.2 Å². The number of rotatable bonds is 3. The van der Waals surface area contributed by atoms with Crippen molar-refractivity contribution in [3.05, 3.63) is 17.1 Å². The number of nitrogens with one attached hydrogen (secondary N) is 2. The summed E-state index contributed by atoms with van der Waals surface area (Å²) in [7, 11) is 1.77. The van der Waals surface area contributed by atoms with E-state index < -0.39 is 0 Å². The maximum Gasteiger partial charge on any atom is 0.193 e. The van der Waals surface area contributed by atoms with E-state index in [9.17, 15) is 0 Å². The number of aryl methyl sites for hydroxylation is 2. The minimum absolute atomic E-state index is 0.393. The van der Waals surface area contributed by atoms with Crippen LogP contribution < -0.4 is 5.32 Å². The molecule has 0 amide bonds. The normalized spacial score (nSPS) is 10.1. The Kier molecular flexibility index (Phi) is 2.51. The molecular weight excluding hydrogens is 208 g/mol. The Hall–Kier alpha value is -2.43. The first-order chi connectivity index (χ1) is 7.72. The van der Waals surface area contributed by atoms with Gasteiger partial charge in [-0.2, -0.15) is 15.6 Å². The third kappa shape index (κ3) is 1.70. The second-order valence-corrected chi connectivity index (χ2v) is 3.23. The number of H-pyrrole nitrogens is 1. The van der Waals surface area contributed by atoms with E-state index in [-0.39, 0.29) is 0 Å². The van der Waals surface area contributed by atoms with Gasteiger partial charge in [-0.25, -0.2) is 0 Å². The number of nitrogens with zero attached hydrogens (tertiary/aromatic N) is 6. The summed E-state index contributed by atoms with van der Waals surface area (Å²) in [6.45, 7) is 2.18. The molecule has 82 valence electrons. The number of hydrogen-bond donors (Lipinski definition) is 2. The molecule has 0 radical (unpaired) electrons. The summed E-state index contributed by atoms with van der Waals surface area (Å²) in [5.74, 6) is 1.19. The van der Waals surface area contributed by atoms with E-state index in [1.54, 1.807) is 18.7 Å². The molecule has 8 heteroatoms. The van der Waals surface area contributed by atoms with E-state index in [4.69, 9.17) is 5.26 Å². The largest absolute Gasteiger partial charge is 0.362 e. The molecule has 2 aromatic heterocycles. The van der Waals surface area contributed by atoms with Gasteiger partial charge >= 0.3 is 0 Å². The lowest BCUT2D eigenvalue weighted by Gasteiger charge is -2.03. The second kappa shape index (κ2) is 3.98. The highest BCUT2D eigenvalue weighted by Gasteiger charge is 2.12. The second-order valence-electron chi connectivity index (χ2n) is 3.23. The van der Waals surface area contributed by atoms with Gasteiger partial charge in [-0.3, -0.25) is 4.68 Å². The fourth-order valence-corrected chi connectivity index (χ4v) is 1.41. The first-order valence-electron chi connectivity index (χ1n) is 4.62. The Bertz CT molecular complexity index is 517. The highest BCUT2D eigenvalue weighted by molar-refractivity contribution is 5.54. The molecule has 0 aliphatic heterocycles. The van der Waals surface area contributed by atoms with E-state index in [1.165, 1.54) is 0 Å². The van der Waals surface area contributed by atoms with Crippen LogP contribution in [0.25, 0.3) is 0 Å². The number of aromatic nitrogens is 6. The van der Waals surface area contributed by atoms with Crippen LogP contribution >= 0.6 is 0 Å². The third-order valence-corrected chi connectivity index (χ3v) is 2.14. The van der Waals surface area contributed by atoms with Crippen molar-refractivity contribution in [2.45, 2.75) is 13.5 Å². The molecule has 2 heterocycles.